The monoisotopic (exact) mass is 368 g/mol. The van der Waals surface area contributed by atoms with E-state index >= 15 is 0 Å². The van der Waals surface area contributed by atoms with Crippen LogP contribution in [0.25, 0.3) is 5.65 Å². The molecule has 0 radical (unpaired) electrons. The second kappa shape index (κ2) is 7.22. The van der Waals surface area contributed by atoms with E-state index in [-0.39, 0.29) is 23.6 Å². The van der Waals surface area contributed by atoms with Gasteiger partial charge >= 0.3 is 0 Å². The van der Waals surface area contributed by atoms with Crippen LogP contribution in [0.15, 0.2) is 42.6 Å². The number of rotatable bonds is 4. The van der Waals surface area contributed by atoms with Crippen molar-refractivity contribution in [2.45, 2.75) is 19.4 Å². The Morgan fingerprint density at radius 2 is 1.93 bits per heavy atom. The van der Waals surface area contributed by atoms with Crippen LogP contribution in [-0.2, 0) is 11.3 Å². The maximum atomic E-state index is 12.9. The molecule has 1 aromatic carbocycles. The second-order valence-corrected chi connectivity index (χ2v) is 6.77. The molecule has 2 aromatic heterocycles. The smallest absolute Gasteiger partial charge is 0.240 e. The van der Waals surface area contributed by atoms with Crippen molar-refractivity contribution < 1.29 is 9.18 Å². The molecule has 0 bridgehead atoms. The molecule has 3 N–H and O–H groups in total. The summed E-state index contributed by atoms with van der Waals surface area (Å²) in [6.07, 6.45) is 3.48. The Hall–Kier alpha value is -3.16. The maximum Gasteiger partial charge on any atom is 0.240 e. The van der Waals surface area contributed by atoms with E-state index in [1.165, 1.54) is 12.1 Å². The number of nitrogens with two attached hydrogens (primary N) is 1. The molecule has 4 rings (SSSR count). The number of anilines is 2. The van der Waals surface area contributed by atoms with E-state index in [0.29, 0.717) is 12.2 Å². The van der Waals surface area contributed by atoms with Gasteiger partial charge in [0.1, 0.15) is 5.82 Å². The highest BCUT2D eigenvalue weighted by molar-refractivity contribution is 5.79. The van der Waals surface area contributed by atoms with E-state index in [2.05, 4.69) is 20.3 Å². The first-order valence-corrected chi connectivity index (χ1v) is 8.97. The van der Waals surface area contributed by atoms with Crippen molar-refractivity contribution in [1.82, 2.24) is 19.9 Å². The van der Waals surface area contributed by atoms with Crippen LogP contribution in [0, 0.1) is 11.7 Å². The van der Waals surface area contributed by atoms with Crippen molar-refractivity contribution in [1.29, 1.82) is 0 Å². The van der Waals surface area contributed by atoms with E-state index in [4.69, 9.17) is 5.73 Å². The van der Waals surface area contributed by atoms with Gasteiger partial charge in [-0.15, -0.1) is 5.10 Å². The summed E-state index contributed by atoms with van der Waals surface area (Å²) in [6.45, 7) is 2.01. The Morgan fingerprint density at radius 3 is 2.67 bits per heavy atom. The van der Waals surface area contributed by atoms with Gasteiger partial charge in [0.2, 0.25) is 11.9 Å². The highest BCUT2D eigenvalue weighted by Gasteiger charge is 2.25. The summed E-state index contributed by atoms with van der Waals surface area (Å²) in [5.74, 6) is 0.0267. The summed E-state index contributed by atoms with van der Waals surface area (Å²) in [7, 11) is 0. The van der Waals surface area contributed by atoms with E-state index < -0.39 is 0 Å². The number of carbonyl (C=O) groups is 1. The van der Waals surface area contributed by atoms with Crippen molar-refractivity contribution in [2.75, 3.05) is 23.7 Å². The van der Waals surface area contributed by atoms with Crippen LogP contribution in [0.2, 0.25) is 0 Å². The number of benzene rings is 1. The first kappa shape index (κ1) is 17.3. The minimum atomic E-state index is -0.274. The summed E-state index contributed by atoms with van der Waals surface area (Å²) in [4.78, 5) is 18.8. The van der Waals surface area contributed by atoms with E-state index in [9.17, 15) is 9.18 Å². The molecule has 0 atom stereocenters. The topological polar surface area (TPSA) is 88.5 Å². The minimum absolute atomic E-state index is 0.00700. The number of nitrogen functional groups attached to an aromatic ring is 1. The average Bonchev–Trinajstić information content (AvgIpc) is 3.06. The summed E-state index contributed by atoms with van der Waals surface area (Å²) in [6, 6.07) is 10.1. The van der Waals surface area contributed by atoms with Gasteiger partial charge in [-0.05, 0) is 42.7 Å². The number of hydrogen-bond acceptors (Lipinski definition) is 5. The largest absolute Gasteiger partial charge is 0.370 e. The number of nitrogens with zero attached hydrogens (tertiary/aromatic N) is 4. The average molecular weight is 368 g/mol. The van der Waals surface area contributed by atoms with Crippen LogP contribution in [0.3, 0.4) is 0 Å². The summed E-state index contributed by atoms with van der Waals surface area (Å²) < 4.78 is 14.6. The third-order valence-electron chi connectivity index (χ3n) is 4.94. The van der Waals surface area contributed by atoms with Crippen LogP contribution >= 0.6 is 0 Å². The van der Waals surface area contributed by atoms with Gasteiger partial charge in [-0.25, -0.2) is 8.91 Å². The highest BCUT2D eigenvalue weighted by Crippen LogP contribution is 2.24. The number of halogens is 1. The molecule has 1 saturated heterocycles. The summed E-state index contributed by atoms with van der Waals surface area (Å²) in [5.41, 5.74) is 8.27. The van der Waals surface area contributed by atoms with Gasteiger partial charge in [-0.3, -0.25) is 4.79 Å². The Morgan fingerprint density at radius 1 is 1.19 bits per heavy atom. The number of aromatic nitrogens is 3. The lowest BCUT2D eigenvalue weighted by Gasteiger charge is -2.32. The molecule has 7 nitrogen and oxygen atoms in total. The maximum absolute atomic E-state index is 12.9. The van der Waals surface area contributed by atoms with Crippen molar-refractivity contribution in [3.05, 3.63) is 54.0 Å². The van der Waals surface area contributed by atoms with Crippen LogP contribution in [0.4, 0.5) is 16.0 Å². The molecule has 1 aliphatic heterocycles. The van der Waals surface area contributed by atoms with Crippen molar-refractivity contribution >= 4 is 23.2 Å². The third-order valence-corrected chi connectivity index (χ3v) is 4.94. The number of fused-ring (bicyclic) bond motifs is 1. The molecule has 27 heavy (non-hydrogen) atoms. The lowest BCUT2D eigenvalue weighted by Crippen LogP contribution is -2.40. The van der Waals surface area contributed by atoms with Crippen molar-refractivity contribution in [3.8, 4) is 0 Å². The molecule has 3 aromatic rings. The van der Waals surface area contributed by atoms with Crippen LogP contribution in [-0.4, -0.2) is 33.6 Å². The molecule has 0 saturated carbocycles. The number of nitrogens with one attached hydrogen (secondary N) is 1. The molecule has 0 aliphatic carbocycles. The summed E-state index contributed by atoms with van der Waals surface area (Å²) in [5, 5.41) is 7.09. The lowest BCUT2D eigenvalue weighted by molar-refractivity contribution is -0.125. The predicted molar refractivity (Wildman–Crippen MR) is 101 cm³/mol. The Bertz CT molecular complexity index is 946. The van der Waals surface area contributed by atoms with Gasteiger partial charge in [0.15, 0.2) is 5.65 Å². The minimum Gasteiger partial charge on any atom is -0.370 e. The lowest BCUT2D eigenvalue weighted by atomic mass is 9.95. The fourth-order valence-corrected chi connectivity index (χ4v) is 3.41. The van der Waals surface area contributed by atoms with Crippen LogP contribution in [0.1, 0.15) is 18.4 Å². The highest BCUT2D eigenvalue weighted by atomic mass is 19.1. The molecular formula is C19H21FN6O. The molecule has 1 aliphatic rings. The number of piperidine rings is 1. The van der Waals surface area contributed by atoms with Crippen molar-refractivity contribution in [2.24, 2.45) is 5.92 Å². The van der Waals surface area contributed by atoms with E-state index in [1.54, 1.807) is 16.6 Å². The Labute approximate surface area is 156 Å². The Kier molecular flexibility index (Phi) is 4.62. The third kappa shape index (κ3) is 3.84. The molecule has 0 unspecified atom stereocenters. The SMILES string of the molecule is Nc1nc2ccc(N3CCC(C(=O)NCc4ccc(F)cc4)CC3)cn2n1. The number of amides is 1. The van der Waals surface area contributed by atoms with Crippen molar-refractivity contribution in [3.63, 3.8) is 0 Å². The second-order valence-electron chi connectivity index (χ2n) is 6.77. The first-order valence-electron chi connectivity index (χ1n) is 8.97. The van der Waals surface area contributed by atoms with E-state index in [0.717, 1.165) is 37.2 Å². The fraction of sp³-hybridized carbons (Fsp3) is 0.316. The first-order chi connectivity index (χ1) is 13.1. The van der Waals surface area contributed by atoms with Crippen LogP contribution < -0.4 is 16.0 Å². The molecule has 0 spiro atoms. The molecule has 140 valence electrons. The zero-order valence-electron chi connectivity index (χ0n) is 14.8. The van der Waals surface area contributed by atoms with Gasteiger partial charge in [0.25, 0.3) is 0 Å². The van der Waals surface area contributed by atoms with E-state index in [1.807, 2.05) is 18.3 Å². The quantitative estimate of drug-likeness (QED) is 0.735. The Balaban J connectivity index is 1.32. The molecule has 3 heterocycles. The fourth-order valence-electron chi connectivity index (χ4n) is 3.41. The van der Waals surface area contributed by atoms with Gasteiger partial charge in [-0.1, -0.05) is 12.1 Å². The number of carbonyl (C=O) groups excluding carboxylic acids is 1. The predicted octanol–water partition coefficient (Wildman–Crippen LogP) is 1.98. The zero-order valence-corrected chi connectivity index (χ0v) is 14.8. The molecule has 8 heteroatoms. The van der Waals surface area contributed by atoms with Gasteiger partial charge in [-0.2, -0.15) is 4.98 Å². The van der Waals surface area contributed by atoms with Crippen LogP contribution in [0.5, 0.6) is 0 Å². The molecular weight excluding hydrogens is 347 g/mol. The molecule has 1 amide bonds. The molecule has 1 fully saturated rings. The number of pyridine rings is 1. The standard InChI is InChI=1S/C19H21FN6O/c20-15-3-1-13(2-4-15)11-22-18(27)14-7-9-25(10-8-14)16-5-6-17-23-19(21)24-26(17)12-16/h1-6,12,14H,7-11H2,(H2,21,24)(H,22,27). The normalized spacial score (nSPS) is 15.2. The van der Waals surface area contributed by atoms with Gasteiger partial charge in [0.05, 0.1) is 11.9 Å². The zero-order chi connectivity index (χ0) is 18.8. The number of hydrogen-bond donors (Lipinski definition) is 2. The van der Waals surface area contributed by atoms with Gasteiger partial charge in [0, 0.05) is 25.6 Å². The summed E-state index contributed by atoms with van der Waals surface area (Å²) >= 11 is 0. The van der Waals surface area contributed by atoms with Gasteiger partial charge < -0.3 is 16.0 Å².